The number of hydrogen-bond acceptors (Lipinski definition) is 5. The molecular formula is C23H35N5O3. The summed E-state index contributed by atoms with van der Waals surface area (Å²) in [4.78, 5) is 31.5. The van der Waals surface area contributed by atoms with Crippen LogP contribution < -0.4 is 10.1 Å². The van der Waals surface area contributed by atoms with E-state index in [4.69, 9.17) is 4.74 Å². The number of ether oxygens (including phenoxy) is 1. The Labute approximate surface area is 184 Å². The van der Waals surface area contributed by atoms with Crippen molar-refractivity contribution >= 4 is 22.8 Å². The lowest BCUT2D eigenvalue weighted by Gasteiger charge is -2.32. The predicted octanol–water partition coefficient (Wildman–Crippen LogP) is 2.90. The Morgan fingerprint density at radius 2 is 2.06 bits per heavy atom. The number of hydrogen-bond donors (Lipinski definition) is 1. The fourth-order valence-electron chi connectivity index (χ4n) is 4.20. The number of rotatable bonds is 9. The van der Waals surface area contributed by atoms with Crippen LogP contribution >= 0.6 is 0 Å². The molecule has 0 radical (unpaired) electrons. The van der Waals surface area contributed by atoms with Crippen molar-refractivity contribution in [3.63, 3.8) is 0 Å². The maximum absolute atomic E-state index is 12.8. The average molecular weight is 430 g/mol. The van der Waals surface area contributed by atoms with Crippen LogP contribution in [0.4, 0.5) is 0 Å². The molecule has 3 rings (SSSR count). The van der Waals surface area contributed by atoms with Gasteiger partial charge in [-0.1, -0.05) is 26.2 Å². The maximum atomic E-state index is 12.8. The highest BCUT2D eigenvalue weighted by Crippen LogP contribution is 2.27. The first-order valence-electron chi connectivity index (χ1n) is 11.4. The number of unbranched alkanes of at least 4 members (excludes halogenated alkanes) is 3. The highest BCUT2D eigenvalue weighted by atomic mass is 16.5. The van der Waals surface area contributed by atoms with Gasteiger partial charge in [0.05, 0.1) is 11.3 Å². The second kappa shape index (κ2) is 10.6. The molecule has 1 fully saturated rings. The summed E-state index contributed by atoms with van der Waals surface area (Å²) in [5, 5.41) is 8.27. The molecule has 0 aromatic carbocycles. The predicted molar refractivity (Wildman–Crippen MR) is 120 cm³/mol. The molecule has 0 bridgehead atoms. The lowest BCUT2D eigenvalue weighted by molar-refractivity contribution is -0.137. The van der Waals surface area contributed by atoms with E-state index in [1.54, 1.807) is 9.58 Å². The summed E-state index contributed by atoms with van der Waals surface area (Å²) in [6.45, 7) is 7.83. The van der Waals surface area contributed by atoms with E-state index in [-0.39, 0.29) is 24.3 Å². The molecule has 170 valence electrons. The Morgan fingerprint density at radius 1 is 1.26 bits per heavy atom. The third kappa shape index (κ3) is 5.74. The molecule has 8 heteroatoms. The van der Waals surface area contributed by atoms with E-state index in [9.17, 15) is 9.59 Å². The van der Waals surface area contributed by atoms with Gasteiger partial charge < -0.3 is 15.0 Å². The maximum Gasteiger partial charge on any atom is 0.260 e. The van der Waals surface area contributed by atoms with Crippen molar-refractivity contribution in [2.75, 3.05) is 26.2 Å². The molecule has 2 aromatic rings. The third-order valence-electron chi connectivity index (χ3n) is 5.89. The minimum Gasteiger partial charge on any atom is -0.466 e. The third-order valence-corrected chi connectivity index (χ3v) is 5.89. The first-order valence-corrected chi connectivity index (χ1v) is 11.4. The molecule has 8 nitrogen and oxygen atoms in total. The van der Waals surface area contributed by atoms with Crippen LogP contribution in [0.2, 0.25) is 0 Å². The van der Waals surface area contributed by atoms with E-state index in [1.165, 1.54) is 12.8 Å². The van der Waals surface area contributed by atoms with E-state index in [0.29, 0.717) is 25.5 Å². The molecule has 0 spiro atoms. The van der Waals surface area contributed by atoms with Crippen LogP contribution in [0, 0.1) is 19.8 Å². The Hall–Kier alpha value is -2.64. The second-order valence-corrected chi connectivity index (χ2v) is 8.53. The molecule has 1 aliphatic heterocycles. The molecule has 1 saturated heterocycles. The average Bonchev–Trinajstić information content (AvgIpc) is 3.07. The zero-order valence-electron chi connectivity index (χ0n) is 19.2. The van der Waals surface area contributed by atoms with Gasteiger partial charge in [-0.25, -0.2) is 9.67 Å². The summed E-state index contributed by atoms with van der Waals surface area (Å²) < 4.78 is 7.49. The number of piperidine rings is 1. The molecule has 1 atom stereocenters. The number of carbonyl (C=O) groups excluding carboxylic acids is 2. The van der Waals surface area contributed by atoms with Gasteiger partial charge in [0.15, 0.2) is 12.3 Å². The minimum atomic E-state index is -0.144. The van der Waals surface area contributed by atoms with E-state index < -0.39 is 0 Å². The minimum absolute atomic E-state index is 0.0581. The van der Waals surface area contributed by atoms with Crippen molar-refractivity contribution in [2.24, 2.45) is 13.0 Å². The summed E-state index contributed by atoms with van der Waals surface area (Å²) in [7, 11) is 1.82. The summed E-state index contributed by atoms with van der Waals surface area (Å²) in [6.07, 6.45) is 6.17. The SMILES string of the molecule is CCCCCCNC(=O)C1CCCN(C(=O)COc2nn(C)c3nc(C)cc(C)c23)C1. The summed E-state index contributed by atoms with van der Waals surface area (Å²) in [5.74, 6) is 0.225. The van der Waals surface area contributed by atoms with Crippen LogP contribution in [-0.2, 0) is 16.6 Å². The van der Waals surface area contributed by atoms with Gasteiger partial charge in [-0.3, -0.25) is 9.59 Å². The quantitative estimate of drug-likeness (QED) is 0.619. The van der Waals surface area contributed by atoms with E-state index in [0.717, 1.165) is 48.0 Å². The van der Waals surface area contributed by atoms with Crippen LogP contribution in [0.3, 0.4) is 0 Å². The van der Waals surface area contributed by atoms with Crippen molar-refractivity contribution in [2.45, 2.75) is 59.3 Å². The number of aryl methyl sites for hydroxylation is 3. The van der Waals surface area contributed by atoms with Gasteiger partial charge in [0.1, 0.15) is 0 Å². The number of fused-ring (bicyclic) bond motifs is 1. The monoisotopic (exact) mass is 429 g/mol. The van der Waals surface area contributed by atoms with E-state index in [1.807, 2.05) is 27.0 Å². The summed E-state index contributed by atoms with van der Waals surface area (Å²) in [5.41, 5.74) is 2.68. The van der Waals surface area contributed by atoms with Crippen molar-refractivity contribution < 1.29 is 14.3 Å². The lowest BCUT2D eigenvalue weighted by atomic mass is 9.97. The second-order valence-electron chi connectivity index (χ2n) is 8.53. The van der Waals surface area contributed by atoms with Gasteiger partial charge in [0.2, 0.25) is 11.8 Å². The molecule has 0 aliphatic carbocycles. The summed E-state index contributed by atoms with van der Waals surface area (Å²) in [6, 6.07) is 1.98. The topological polar surface area (TPSA) is 89.4 Å². The summed E-state index contributed by atoms with van der Waals surface area (Å²) >= 11 is 0. The number of nitrogens with zero attached hydrogens (tertiary/aromatic N) is 4. The lowest BCUT2D eigenvalue weighted by Crippen LogP contribution is -2.47. The standard InChI is InChI=1S/C23H35N5O3/c1-5-6-7-8-11-24-22(30)18-10-9-12-28(14-18)19(29)15-31-23-20-16(2)13-17(3)25-21(20)27(4)26-23/h13,18H,5-12,14-15H2,1-4H3,(H,24,30). The number of nitrogens with one attached hydrogen (secondary N) is 1. The Kier molecular flexibility index (Phi) is 7.87. The number of likely N-dealkylation sites (tertiary alicyclic amines) is 1. The van der Waals surface area contributed by atoms with Crippen molar-refractivity contribution in [1.29, 1.82) is 0 Å². The number of aromatic nitrogens is 3. The van der Waals surface area contributed by atoms with Gasteiger partial charge in [-0.05, 0) is 44.7 Å². The molecular weight excluding hydrogens is 394 g/mol. The van der Waals surface area contributed by atoms with Gasteiger partial charge >= 0.3 is 0 Å². The largest absolute Gasteiger partial charge is 0.466 e. The van der Waals surface area contributed by atoms with Crippen LogP contribution in [-0.4, -0.2) is 57.7 Å². The van der Waals surface area contributed by atoms with Crippen molar-refractivity contribution in [3.8, 4) is 5.88 Å². The normalized spacial score (nSPS) is 16.5. The van der Waals surface area contributed by atoms with Crippen molar-refractivity contribution in [1.82, 2.24) is 25.0 Å². The number of pyridine rings is 1. The van der Waals surface area contributed by atoms with Crippen LogP contribution in [0.5, 0.6) is 5.88 Å². The van der Waals surface area contributed by atoms with Gasteiger partial charge in [0, 0.05) is 32.4 Å². The van der Waals surface area contributed by atoms with Gasteiger partial charge in [0.25, 0.3) is 5.91 Å². The van der Waals surface area contributed by atoms with E-state index in [2.05, 4.69) is 22.3 Å². The van der Waals surface area contributed by atoms with Crippen LogP contribution in [0.25, 0.3) is 11.0 Å². The molecule has 0 saturated carbocycles. The van der Waals surface area contributed by atoms with Crippen molar-refractivity contribution in [3.05, 3.63) is 17.3 Å². The smallest absolute Gasteiger partial charge is 0.260 e. The molecule has 31 heavy (non-hydrogen) atoms. The molecule has 1 unspecified atom stereocenters. The molecule has 1 N–H and O–H groups in total. The number of carbonyl (C=O) groups is 2. The Balaban J connectivity index is 1.54. The van der Waals surface area contributed by atoms with Crippen LogP contribution in [0.15, 0.2) is 6.07 Å². The first-order chi connectivity index (χ1) is 14.9. The zero-order chi connectivity index (χ0) is 22.4. The van der Waals surface area contributed by atoms with E-state index >= 15 is 0 Å². The fourth-order valence-corrected chi connectivity index (χ4v) is 4.20. The molecule has 2 aromatic heterocycles. The first kappa shape index (κ1) is 23.0. The zero-order valence-corrected chi connectivity index (χ0v) is 19.2. The van der Waals surface area contributed by atoms with Gasteiger partial charge in [-0.15, -0.1) is 5.10 Å². The molecule has 1 aliphatic rings. The Bertz CT molecular complexity index is 924. The highest BCUT2D eigenvalue weighted by molar-refractivity contribution is 5.86. The molecule has 2 amide bonds. The van der Waals surface area contributed by atoms with Crippen LogP contribution in [0.1, 0.15) is 56.7 Å². The fraction of sp³-hybridized carbons (Fsp3) is 0.652. The highest BCUT2D eigenvalue weighted by Gasteiger charge is 2.28. The van der Waals surface area contributed by atoms with Gasteiger partial charge in [-0.2, -0.15) is 0 Å². The Morgan fingerprint density at radius 3 is 2.84 bits per heavy atom. The number of amides is 2. The molecule has 3 heterocycles.